The molecule has 0 radical (unpaired) electrons. The van der Waals surface area contributed by atoms with E-state index in [9.17, 15) is 30.3 Å². The minimum absolute atomic E-state index is 0.225. The van der Waals surface area contributed by atoms with Gasteiger partial charge >= 0.3 is 11.4 Å². The summed E-state index contributed by atoms with van der Waals surface area (Å²) in [5.74, 6) is -1.21. The number of aromatic hydroxyl groups is 1. The van der Waals surface area contributed by atoms with Gasteiger partial charge in [0, 0.05) is 12.6 Å². The standard InChI is InChI=1S/C6H3N3O7.C6H15NO/c10-6-4(8(13)14)1-3(7(11)12)2-5(6)9(15)16;1-5(2)7-4-6(3)8/h1-2,10H;5-8H,4H2,1-3H3. The molecular formula is C12H18N4O8. The van der Waals surface area contributed by atoms with Gasteiger partial charge in [0.05, 0.1) is 33.0 Å². The van der Waals surface area contributed by atoms with Crippen molar-refractivity contribution in [1.82, 2.24) is 5.32 Å². The molecule has 0 aliphatic heterocycles. The molecule has 0 fully saturated rings. The molecular weight excluding hydrogens is 328 g/mol. The fraction of sp³-hybridized carbons (Fsp3) is 0.500. The summed E-state index contributed by atoms with van der Waals surface area (Å²) in [6.45, 7) is 6.58. The Morgan fingerprint density at radius 2 is 1.42 bits per heavy atom. The molecule has 0 saturated carbocycles. The third-order valence-electron chi connectivity index (χ3n) is 2.48. The van der Waals surface area contributed by atoms with E-state index in [1.54, 1.807) is 6.92 Å². The Morgan fingerprint density at radius 1 is 1.00 bits per heavy atom. The second kappa shape index (κ2) is 9.32. The van der Waals surface area contributed by atoms with Gasteiger partial charge in [0.2, 0.25) is 0 Å². The van der Waals surface area contributed by atoms with Crippen molar-refractivity contribution in [3.8, 4) is 5.75 Å². The van der Waals surface area contributed by atoms with Crippen LogP contribution in [0.1, 0.15) is 20.8 Å². The number of benzene rings is 1. The number of aliphatic hydroxyl groups is 1. The van der Waals surface area contributed by atoms with E-state index in [2.05, 4.69) is 19.2 Å². The van der Waals surface area contributed by atoms with Crippen LogP contribution in [0.3, 0.4) is 0 Å². The Kier molecular flexibility index (Phi) is 8.21. The van der Waals surface area contributed by atoms with Gasteiger partial charge in [0.1, 0.15) is 0 Å². The van der Waals surface area contributed by atoms with Crippen LogP contribution in [0.15, 0.2) is 12.1 Å². The second-order valence-electron chi connectivity index (χ2n) is 5.02. The summed E-state index contributed by atoms with van der Waals surface area (Å²) >= 11 is 0. The van der Waals surface area contributed by atoms with Gasteiger partial charge in [0.25, 0.3) is 11.4 Å². The normalized spacial score (nSPS) is 11.4. The van der Waals surface area contributed by atoms with E-state index in [1.807, 2.05) is 0 Å². The smallest absolute Gasteiger partial charge is 0.324 e. The van der Waals surface area contributed by atoms with Crippen LogP contribution in [0.2, 0.25) is 0 Å². The highest BCUT2D eigenvalue weighted by Gasteiger charge is 2.30. The maximum Gasteiger partial charge on any atom is 0.324 e. The third kappa shape index (κ3) is 6.93. The number of hydrogen-bond acceptors (Lipinski definition) is 9. The zero-order chi connectivity index (χ0) is 19.0. The van der Waals surface area contributed by atoms with Crippen LogP contribution in [0.5, 0.6) is 5.75 Å². The monoisotopic (exact) mass is 346 g/mol. The van der Waals surface area contributed by atoms with Gasteiger partial charge in [-0.05, 0) is 6.92 Å². The lowest BCUT2D eigenvalue weighted by Gasteiger charge is -2.08. The Bertz CT molecular complexity index is 574. The Balaban J connectivity index is 0.000000561. The Hall–Kier alpha value is -2.86. The molecule has 24 heavy (non-hydrogen) atoms. The number of nitrogens with one attached hydrogen (secondary N) is 1. The minimum Gasteiger partial charge on any atom is -0.497 e. The first-order valence-corrected chi connectivity index (χ1v) is 6.69. The molecule has 1 aromatic rings. The molecule has 12 heteroatoms. The van der Waals surface area contributed by atoms with Gasteiger partial charge in [-0.25, -0.2) is 0 Å². The van der Waals surface area contributed by atoms with E-state index in [4.69, 9.17) is 10.2 Å². The van der Waals surface area contributed by atoms with Gasteiger partial charge in [0.15, 0.2) is 0 Å². The quantitative estimate of drug-likeness (QED) is 0.507. The number of rotatable bonds is 6. The Morgan fingerprint density at radius 3 is 1.62 bits per heavy atom. The highest BCUT2D eigenvalue weighted by atomic mass is 16.6. The summed E-state index contributed by atoms with van der Waals surface area (Å²) in [5, 5.41) is 52.0. The molecule has 0 spiro atoms. The first kappa shape index (κ1) is 21.1. The van der Waals surface area contributed by atoms with E-state index >= 15 is 0 Å². The number of hydrogen-bond donors (Lipinski definition) is 3. The number of phenols is 1. The topological polar surface area (TPSA) is 182 Å². The lowest BCUT2D eigenvalue weighted by atomic mass is 10.2. The van der Waals surface area contributed by atoms with Gasteiger partial charge < -0.3 is 15.5 Å². The zero-order valence-electron chi connectivity index (χ0n) is 13.2. The minimum atomic E-state index is -1.21. The molecule has 0 aliphatic rings. The fourth-order valence-corrected chi connectivity index (χ4v) is 1.38. The highest BCUT2D eigenvalue weighted by Crippen LogP contribution is 2.38. The second-order valence-corrected chi connectivity index (χ2v) is 5.02. The van der Waals surface area contributed by atoms with Gasteiger partial charge in [-0.1, -0.05) is 13.8 Å². The van der Waals surface area contributed by atoms with Crippen molar-refractivity contribution in [2.45, 2.75) is 32.9 Å². The molecule has 0 aliphatic carbocycles. The van der Waals surface area contributed by atoms with Crippen LogP contribution < -0.4 is 5.32 Å². The number of non-ortho nitro benzene ring substituents is 1. The van der Waals surface area contributed by atoms with Gasteiger partial charge in [-0.2, -0.15) is 0 Å². The van der Waals surface area contributed by atoms with Crippen LogP contribution in [-0.2, 0) is 0 Å². The van der Waals surface area contributed by atoms with Crippen molar-refractivity contribution in [2.75, 3.05) is 6.54 Å². The van der Waals surface area contributed by atoms with E-state index in [-0.39, 0.29) is 6.10 Å². The van der Waals surface area contributed by atoms with Crippen LogP contribution in [0.4, 0.5) is 17.1 Å². The van der Waals surface area contributed by atoms with Crippen LogP contribution in [0.25, 0.3) is 0 Å². The molecule has 1 unspecified atom stereocenters. The van der Waals surface area contributed by atoms with E-state index in [1.165, 1.54) is 0 Å². The summed E-state index contributed by atoms with van der Waals surface area (Å²) < 4.78 is 0. The van der Waals surface area contributed by atoms with Crippen molar-refractivity contribution in [3.05, 3.63) is 42.5 Å². The summed E-state index contributed by atoms with van der Waals surface area (Å²) in [7, 11) is 0. The number of nitrogens with zero attached hydrogens (tertiary/aromatic N) is 3. The number of phenolic OH excluding ortho intramolecular Hbond substituents is 1. The van der Waals surface area contributed by atoms with Crippen LogP contribution in [0, 0.1) is 30.3 Å². The predicted molar refractivity (Wildman–Crippen MR) is 82.9 cm³/mol. The van der Waals surface area contributed by atoms with E-state index in [0.29, 0.717) is 24.7 Å². The summed E-state index contributed by atoms with van der Waals surface area (Å²) in [6, 6.07) is 1.37. The van der Waals surface area contributed by atoms with E-state index < -0.39 is 37.6 Å². The van der Waals surface area contributed by atoms with Crippen LogP contribution >= 0.6 is 0 Å². The molecule has 12 nitrogen and oxygen atoms in total. The molecule has 134 valence electrons. The highest BCUT2D eigenvalue weighted by molar-refractivity contribution is 5.64. The Labute approximate surface area is 136 Å². The third-order valence-corrected chi connectivity index (χ3v) is 2.48. The molecule has 0 heterocycles. The van der Waals surface area contributed by atoms with Crippen molar-refractivity contribution in [3.63, 3.8) is 0 Å². The first-order chi connectivity index (χ1) is 11.0. The molecule has 1 atom stereocenters. The molecule has 0 amide bonds. The molecule has 0 saturated heterocycles. The van der Waals surface area contributed by atoms with Gasteiger partial charge in [-0.3, -0.25) is 30.3 Å². The average Bonchev–Trinajstić information content (AvgIpc) is 2.45. The van der Waals surface area contributed by atoms with Crippen molar-refractivity contribution >= 4 is 17.1 Å². The maximum absolute atomic E-state index is 10.4. The number of aliphatic hydroxyl groups excluding tert-OH is 1. The van der Waals surface area contributed by atoms with E-state index in [0.717, 1.165) is 0 Å². The SMILES string of the molecule is CC(O)CNC(C)C.O=[N+]([O-])c1cc([N+](=O)[O-])c(O)c([N+](=O)[O-])c1. The first-order valence-electron chi connectivity index (χ1n) is 6.69. The number of nitro groups is 3. The summed E-state index contributed by atoms with van der Waals surface area (Å²) in [6.07, 6.45) is -0.225. The molecule has 0 bridgehead atoms. The average molecular weight is 346 g/mol. The lowest BCUT2D eigenvalue weighted by Crippen LogP contribution is -2.30. The molecule has 1 aromatic carbocycles. The summed E-state index contributed by atoms with van der Waals surface area (Å²) in [4.78, 5) is 27.8. The fourth-order valence-electron chi connectivity index (χ4n) is 1.38. The molecule has 0 aromatic heterocycles. The van der Waals surface area contributed by atoms with Crippen molar-refractivity contribution in [2.24, 2.45) is 0 Å². The predicted octanol–water partition coefficient (Wildman–Crippen LogP) is 1.48. The van der Waals surface area contributed by atoms with Crippen molar-refractivity contribution < 1.29 is 25.0 Å². The molecule has 3 N–H and O–H groups in total. The van der Waals surface area contributed by atoms with Crippen molar-refractivity contribution in [1.29, 1.82) is 0 Å². The number of nitro benzene ring substituents is 3. The molecule has 1 rings (SSSR count). The largest absolute Gasteiger partial charge is 0.497 e. The summed E-state index contributed by atoms with van der Waals surface area (Å²) in [5.41, 5.74) is -3.00. The lowest BCUT2D eigenvalue weighted by molar-refractivity contribution is -0.404. The van der Waals surface area contributed by atoms with Crippen LogP contribution in [-0.4, -0.2) is 43.7 Å². The maximum atomic E-state index is 10.4. The zero-order valence-corrected chi connectivity index (χ0v) is 13.2. The van der Waals surface area contributed by atoms with Gasteiger partial charge in [-0.15, -0.1) is 0 Å².